The highest BCUT2D eigenvalue weighted by Crippen LogP contribution is 2.62. The number of rotatable bonds is 3. The fourth-order valence-electron chi connectivity index (χ4n) is 5.53. The summed E-state index contributed by atoms with van der Waals surface area (Å²) in [5.41, 5.74) is 1.38. The first-order chi connectivity index (χ1) is 9.63. The lowest BCUT2D eigenvalue weighted by molar-refractivity contribution is -0.165. The first kappa shape index (κ1) is 16.8. The molecule has 2 rings (SSSR count). The van der Waals surface area contributed by atoms with Crippen LogP contribution in [0, 0.1) is 22.7 Å². The molecule has 0 aromatic heterocycles. The van der Waals surface area contributed by atoms with Crippen LogP contribution >= 0.6 is 0 Å². The second-order valence-electron chi connectivity index (χ2n) is 8.74. The van der Waals surface area contributed by atoms with Crippen LogP contribution in [0.25, 0.3) is 0 Å². The number of hydrogen-bond donors (Lipinski definition) is 1. The molecular weight excluding hydrogens is 256 g/mol. The van der Waals surface area contributed by atoms with Crippen LogP contribution in [0.2, 0.25) is 0 Å². The van der Waals surface area contributed by atoms with Crippen LogP contribution in [0.4, 0.5) is 0 Å². The van der Waals surface area contributed by atoms with Crippen LogP contribution in [0.5, 0.6) is 0 Å². The number of allylic oxidation sites excluding steroid dienone is 3. The number of aliphatic hydroxyl groups is 1. The molecule has 0 bridgehead atoms. The molecule has 1 nitrogen and oxygen atoms in total. The Balaban J connectivity index is 2.35. The van der Waals surface area contributed by atoms with E-state index >= 15 is 0 Å². The van der Waals surface area contributed by atoms with Gasteiger partial charge < -0.3 is 5.11 Å². The van der Waals surface area contributed by atoms with E-state index in [1.807, 2.05) is 6.08 Å². The first-order valence-electron chi connectivity index (χ1n) is 8.65. The van der Waals surface area contributed by atoms with Gasteiger partial charge in [-0.15, -0.1) is 0 Å². The van der Waals surface area contributed by atoms with Gasteiger partial charge in [0.1, 0.15) is 0 Å². The van der Waals surface area contributed by atoms with Crippen molar-refractivity contribution in [3.8, 4) is 0 Å². The quantitative estimate of drug-likeness (QED) is 0.680. The second-order valence-corrected chi connectivity index (χ2v) is 8.74. The molecule has 2 saturated carbocycles. The molecule has 0 aromatic rings. The van der Waals surface area contributed by atoms with Crippen molar-refractivity contribution in [3.05, 3.63) is 24.3 Å². The maximum absolute atomic E-state index is 11.0. The van der Waals surface area contributed by atoms with Gasteiger partial charge in [0.05, 0.1) is 5.60 Å². The van der Waals surface area contributed by atoms with Gasteiger partial charge in [-0.05, 0) is 68.6 Å². The minimum atomic E-state index is -0.531. The van der Waals surface area contributed by atoms with E-state index in [1.54, 1.807) is 0 Å². The number of hydrogen-bond acceptors (Lipinski definition) is 1. The molecule has 0 aromatic carbocycles. The Hall–Kier alpha value is -0.560. The Morgan fingerprint density at radius 1 is 1.19 bits per heavy atom. The zero-order chi connectivity index (χ0) is 15.9. The standard InChI is InChI=1S/C20H34O/c1-7-15(2)9-10-17-19(5)13-8-12-18(3,4)16(19)11-14-20(17,6)21/h7,9,16-17,21H,1,8,10-14H2,2-6H3/b15-9+/t16?,17?,19-,20?/m1/s1. The van der Waals surface area contributed by atoms with Gasteiger partial charge in [0.2, 0.25) is 0 Å². The molecule has 0 heterocycles. The van der Waals surface area contributed by atoms with Crippen LogP contribution in [-0.4, -0.2) is 10.7 Å². The lowest BCUT2D eigenvalue weighted by Gasteiger charge is -2.61. The molecule has 3 unspecified atom stereocenters. The van der Waals surface area contributed by atoms with E-state index in [9.17, 15) is 5.11 Å². The van der Waals surface area contributed by atoms with Crippen molar-refractivity contribution in [1.29, 1.82) is 0 Å². The third kappa shape index (κ3) is 2.99. The van der Waals surface area contributed by atoms with E-state index in [0.29, 0.717) is 11.3 Å². The van der Waals surface area contributed by atoms with Crippen molar-refractivity contribution < 1.29 is 5.11 Å². The molecule has 120 valence electrons. The van der Waals surface area contributed by atoms with Crippen LogP contribution in [0.3, 0.4) is 0 Å². The summed E-state index contributed by atoms with van der Waals surface area (Å²) in [4.78, 5) is 0. The van der Waals surface area contributed by atoms with Gasteiger partial charge >= 0.3 is 0 Å². The Morgan fingerprint density at radius 2 is 1.86 bits per heavy atom. The van der Waals surface area contributed by atoms with Crippen LogP contribution in [-0.2, 0) is 0 Å². The van der Waals surface area contributed by atoms with E-state index < -0.39 is 5.60 Å². The molecule has 2 fully saturated rings. The van der Waals surface area contributed by atoms with Gasteiger partial charge in [0.25, 0.3) is 0 Å². The van der Waals surface area contributed by atoms with E-state index in [2.05, 4.69) is 47.3 Å². The summed E-state index contributed by atoms with van der Waals surface area (Å²) in [6.07, 6.45) is 11.2. The average molecular weight is 290 g/mol. The Morgan fingerprint density at radius 3 is 2.48 bits per heavy atom. The molecule has 21 heavy (non-hydrogen) atoms. The summed E-state index contributed by atoms with van der Waals surface area (Å²) in [5, 5.41) is 11.0. The molecule has 2 aliphatic carbocycles. The van der Waals surface area contributed by atoms with Crippen molar-refractivity contribution in [2.24, 2.45) is 22.7 Å². The maximum Gasteiger partial charge on any atom is 0.0656 e. The summed E-state index contributed by atoms with van der Waals surface area (Å²) >= 11 is 0. The smallest absolute Gasteiger partial charge is 0.0656 e. The summed E-state index contributed by atoms with van der Waals surface area (Å²) in [6.45, 7) is 15.4. The van der Waals surface area contributed by atoms with Gasteiger partial charge in [-0.1, -0.05) is 51.5 Å². The van der Waals surface area contributed by atoms with Crippen molar-refractivity contribution >= 4 is 0 Å². The topological polar surface area (TPSA) is 20.2 Å². The summed E-state index contributed by atoms with van der Waals surface area (Å²) in [6, 6.07) is 0. The minimum Gasteiger partial charge on any atom is -0.390 e. The highest BCUT2D eigenvalue weighted by atomic mass is 16.3. The predicted molar refractivity (Wildman–Crippen MR) is 91.1 cm³/mol. The zero-order valence-electron chi connectivity index (χ0n) is 14.7. The fourth-order valence-corrected chi connectivity index (χ4v) is 5.53. The van der Waals surface area contributed by atoms with Crippen molar-refractivity contribution in [2.75, 3.05) is 0 Å². The fraction of sp³-hybridized carbons (Fsp3) is 0.800. The van der Waals surface area contributed by atoms with E-state index in [1.165, 1.54) is 31.3 Å². The SMILES string of the molecule is C=C/C(C)=C/CC1C(C)(O)CCC2C(C)(C)CCC[C@]21C. The molecule has 0 spiro atoms. The van der Waals surface area contributed by atoms with Gasteiger partial charge in [0, 0.05) is 0 Å². The van der Waals surface area contributed by atoms with Crippen molar-refractivity contribution in [3.63, 3.8) is 0 Å². The van der Waals surface area contributed by atoms with Crippen LogP contribution in [0.1, 0.15) is 73.1 Å². The highest BCUT2D eigenvalue weighted by Gasteiger charge is 2.57. The molecule has 4 atom stereocenters. The van der Waals surface area contributed by atoms with Gasteiger partial charge in [0.15, 0.2) is 0 Å². The summed E-state index contributed by atoms with van der Waals surface area (Å²) < 4.78 is 0. The third-order valence-corrected chi connectivity index (χ3v) is 6.76. The summed E-state index contributed by atoms with van der Waals surface area (Å²) in [7, 11) is 0. The zero-order valence-corrected chi connectivity index (χ0v) is 14.7. The largest absolute Gasteiger partial charge is 0.390 e. The monoisotopic (exact) mass is 290 g/mol. The minimum absolute atomic E-state index is 0.265. The normalized spacial score (nSPS) is 43.2. The average Bonchev–Trinajstić information content (AvgIpc) is 2.35. The van der Waals surface area contributed by atoms with Crippen LogP contribution in [0.15, 0.2) is 24.3 Å². The molecule has 1 heteroatoms. The Kier molecular flexibility index (Phi) is 4.46. The maximum atomic E-state index is 11.0. The molecule has 0 saturated heterocycles. The van der Waals surface area contributed by atoms with Gasteiger partial charge in [-0.2, -0.15) is 0 Å². The summed E-state index contributed by atoms with van der Waals surface area (Å²) in [5.74, 6) is 1.10. The molecule has 0 aliphatic heterocycles. The highest BCUT2D eigenvalue weighted by molar-refractivity contribution is 5.15. The van der Waals surface area contributed by atoms with E-state index in [4.69, 9.17) is 0 Å². The van der Waals surface area contributed by atoms with Crippen molar-refractivity contribution in [1.82, 2.24) is 0 Å². The molecule has 0 amide bonds. The molecular formula is C20H34O. The van der Waals surface area contributed by atoms with E-state index in [-0.39, 0.29) is 5.41 Å². The lowest BCUT2D eigenvalue weighted by Crippen LogP contribution is -2.57. The van der Waals surface area contributed by atoms with Gasteiger partial charge in [-0.25, -0.2) is 0 Å². The Labute approximate surface area is 131 Å². The molecule has 1 N–H and O–H groups in total. The van der Waals surface area contributed by atoms with Gasteiger partial charge in [-0.3, -0.25) is 0 Å². The number of fused-ring (bicyclic) bond motifs is 1. The van der Waals surface area contributed by atoms with E-state index in [0.717, 1.165) is 18.8 Å². The third-order valence-electron chi connectivity index (χ3n) is 6.76. The Bertz CT molecular complexity index is 429. The molecule has 0 radical (unpaired) electrons. The van der Waals surface area contributed by atoms with Crippen LogP contribution < -0.4 is 0 Å². The predicted octanol–water partition coefficient (Wildman–Crippen LogP) is 5.50. The lowest BCUT2D eigenvalue weighted by atomic mass is 9.45. The molecule has 2 aliphatic rings. The first-order valence-corrected chi connectivity index (χ1v) is 8.65. The van der Waals surface area contributed by atoms with Crippen molar-refractivity contribution in [2.45, 2.75) is 78.7 Å². The second kappa shape index (κ2) is 5.57.